The van der Waals surface area contributed by atoms with Crippen LogP contribution < -0.4 is 0 Å². The molecule has 0 radical (unpaired) electrons. The minimum Gasteiger partial charge on any atom is -0.339 e. The minimum absolute atomic E-state index is 0.0457. The quantitative estimate of drug-likeness (QED) is 0.668. The zero-order chi connectivity index (χ0) is 17.8. The lowest BCUT2D eigenvalue weighted by atomic mass is 9.48. The Balaban J connectivity index is 1.36. The van der Waals surface area contributed by atoms with Gasteiger partial charge in [-0.1, -0.05) is 29.8 Å². The first kappa shape index (κ1) is 17.8. The summed E-state index contributed by atoms with van der Waals surface area (Å²) in [7, 11) is 0. The molecule has 4 saturated carbocycles. The van der Waals surface area contributed by atoms with Gasteiger partial charge in [0, 0.05) is 42.8 Å². The number of piperazine rings is 1. The van der Waals surface area contributed by atoms with Crippen molar-refractivity contribution in [1.29, 1.82) is 0 Å². The first-order valence-corrected chi connectivity index (χ1v) is 10.8. The van der Waals surface area contributed by atoms with Crippen LogP contribution in [0.25, 0.3) is 0 Å². The Kier molecular flexibility index (Phi) is 4.45. The molecule has 1 saturated heterocycles. The monoisotopic (exact) mass is 410 g/mol. The molecule has 1 aliphatic heterocycles. The zero-order valence-corrected chi connectivity index (χ0v) is 17.2. The van der Waals surface area contributed by atoms with Gasteiger partial charge in [-0.2, -0.15) is 0 Å². The van der Waals surface area contributed by atoms with E-state index in [1.165, 1.54) is 38.5 Å². The van der Waals surface area contributed by atoms with Gasteiger partial charge < -0.3 is 9.80 Å². The Labute approximate surface area is 159 Å². The minimum atomic E-state index is 0.0457. The molecule has 4 nitrogen and oxygen atoms in total. The summed E-state index contributed by atoms with van der Waals surface area (Å²) < 4.78 is 0.319. The van der Waals surface area contributed by atoms with Crippen molar-refractivity contribution in [3.05, 3.63) is 0 Å². The molecular weight excluding hydrogens is 380 g/mol. The highest BCUT2D eigenvalue weighted by Gasteiger charge is 2.57. The van der Waals surface area contributed by atoms with E-state index in [0.717, 1.165) is 18.3 Å². The molecule has 0 spiro atoms. The Morgan fingerprint density at radius 2 is 1.56 bits per heavy atom. The zero-order valence-electron chi connectivity index (χ0n) is 15.6. The first-order chi connectivity index (χ1) is 11.8. The van der Waals surface area contributed by atoms with E-state index in [-0.39, 0.29) is 17.2 Å². The van der Waals surface area contributed by atoms with Gasteiger partial charge in [-0.25, -0.2) is 0 Å². The SMILES string of the molecule is CC(C)C(=O)N1CCN(C(=O)CC23CC4CC(CC(Br)(C4)C2)C3)CC1. The van der Waals surface area contributed by atoms with Gasteiger partial charge in [0.2, 0.25) is 11.8 Å². The molecule has 5 fully saturated rings. The van der Waals surface area contributed by atoms with Crippen LogP contribution in [0.2, 0.25) is 0 Å². The normalized spacial score (nSPS) is 40.0. The van der Waals surface area contributed by atoms with E-state index >= 15 is 0 Å². The van der Waals surface area contributed by atoms with Gasteiger partial charge in [0.1, 0.15) is 0 Å². The van der Waals surface area contributed by atoms with Crippen LogP contribution in [0.15, 0.2) is 0 Å². The predicted molar refractivity (Wildman–Crippen MR) is 101 cm³/mol. The molecule has 140 valence electrons. The fraction of sp³-hybridized carbons (Fsp3) is 0.900. The Morgan fingerprint density at radius 1 is 1.00 bits per heavy atom. The van der Waals surface area contributed by atoms with Crippen LogP contribution in [-0.2, 0) is 9.59 Å². The van der Waals surface area contributed by atoms with E-state index in [1.54, 1.807) is 0 Å². The molecule has 2 unspecified atom stereocenters. The van der Waals surface area contributed by atoms with Gasteiger partial charge in [-0.3, -0.25) is 9.59 Å². The molecule has 4 bridgehead atoms. The number of carbonyl (C=O) groups is 2. The van der Waals surface area contributed by atoms with Crippen molar-refractivity contribution >= 4 is 27.7 Å². The summed E-state index contributed by atoms with van der Waals surface area (Å²) in [6, 6.07) is 0. The molecule has 0 aromatic carbocycles. The summed E-state index contributed by atoms with van der Waals surface area (Å²) in [5, 5.41) is 0. The molecule has 5 rings (SSSR count). The number of halogens is 1. The predicted octanol–water partition coefficient (Wildman–Crippen LogP) is 3.44. The van der Waals surface area contributed by atoms with Gasteiger partial charge in [-0.15, -0.1) is 0 Å². The highest BCUT2D eigenvalue weighted by Crippen LogP contribution is 2.65. The second kappa shape index (κ2) is 6.24. The third kappa shape index (κ3) is 3.38. The fourth-order valence-electron chi connectivity index (χ4n) is 6.52. The van der Waals surface area contributed by atoms with Crippen LogP contribution in [0, 0.1) is 23.2 Å². The molecule has 4 aliphatic carbocycles. The largest absolute Gasteiger partial charge is 0.339 e. The van der Waals surface area contributed by atoms with Gasteiger partial charge in [0.15, 0.2) is 0 Å². The molecule has 5 heteroatoms. The van der Waals surface area contributed by atoms with Crippen molar-refractivity contribution in [3.63, 3.8) is 0 Å². The van der Waals surface area contributed by atoms with Crippen LogP contribution in [0.5, 0.6) is 0 Å². The van der Waals surface area contributed by atoms with Gasteiger partial charge >= 0.3 is 0 Å². The highest BCUT2D eigenvalue weighted by molar-refractivity contribution is 9.10. The maximum absolute atomic E-state index is 13.0. The van der Waals surface area contributed by atoms with Crippen molar-refractivity contribution in [2.45, 2.75) is 63.1 Å². The van der Waals surface area contributed by atoms with E-state index in [2.05, 4.69) is 15.9 Å². The molecule has 25 heavy (non-hydrogen) atoms. The number of rotatable bonds is 3. The van der Waals surface area contributed by atoms with Gasteiger partial charge in [-0.05, 0) is 55.8 Å². The lowest BCUT2D eigenvalue weighted by molar-refractivity contribution is -0.145. The molecule has 2 amide bonds. The molecule has 1 heterocycles. The molecular formula is C20H31BrN2O2. The number of amides is 2. The number of alkyl halides is 1. The van der Waals surface area contributed by atoms with Crippen LogP contribution in [0.3, 0.4) is 0 Å². The van der Waals surface area contributed by atoms with Crippen molar-refractivity contribution in [2.24, 2.45) is 23.2 Å². The van der Waals surface area contributed by atoms with Crippen LogP contribution in [-0.4, -0.2) is 52.1 Å². The smallest absolute Gasteiger partial charge is 0.225 e. The summed E-state index contributed by atoms with van der Waals surface area (Å²) >= 11 is 4.05. The molecule has 5 aliphatic rings. The third-order valence-corrected chi connectivity index (χ3v) is 8.00. The van der Waals surface area contributed by atoms with Gasteiger partial charge in [0.25, 0.3) is 0 Å². The number of nitrogens with zero attached hydrogens (tertiary/aromatic N) is 2. The highest BCUT2D eigenvalue weighted by atomic mass is 79.9. The lowest BCUT2D eigenvalue weighted by Gasteiger charge is -2.60. The average molecular weight is 411 g/mol. The first-order valence-electron chi connectivity index (χ1n) is 10.0. The van der Waals surface area contributed by atoms with Crippen LogP contribution in [0.4, 0.5) is 0 Å². The number of carbonyl (C=O) groups excluding carboxylic acids is 2. The van der Waals surface area contributed by atoms with E-state index in [9.17, 15) is 9.59 Å². The summed E-state index contributed by atoms with van der Waals surface area (Å²) in [6.07, 6.45) is 8.45. The van der Waals surface area contributed by atoms with E-state index in [0.29, 0.717) is 36.4 Å². The van der Waals surface area contributed by atoms with E-state index < -0.39 is 0 Å². The summed E-state index contributed by atoms with van der Waals surface area (Å²) in [5.41, 5.74) is 0.246. The van der Waals surface area contributed by atoms with E-state index in [1.807, 2.05) is 23.6 Å². The van der Waals surface area contributed by atoms with Gasteiger partial charge in [0.05, 0.1) is 0 Å². The van der Waals surface area contributed by atoms with Crippen LogP contribution >= 0.6 is 15.9 Å². The fourth-order valence-corrected chi connectivity index (χ4v) is 8.03. The molecule has 0 aromatic heterocycles. The van der Waals surface area contributed by atoms with Crippen molar-refractivity contribution < 1.29 is 9.59 Å². The van der Waals surface area contributed by atoms with Crippen molar-refractivity contribution in [2.75, 3.05) is 26.2 Å². The Morgan fingerprint density at radius 3 is 2.08 bits per heavy atom. The maximum atomic E-state index is 13.0. The number of hydrogen-bond donors (Lipinski definition) is 0. The van der Waals surface area contributed by atoms with Crippen LogP contribution in [0.1, 0.15) is 58.8 Å². The van der Waals surface area contributed by atoms with E-state index in [4.69, 9.17) is 0 Å². The summed E-state index contributed by atoms with van der Waals surface area (Å²) in [4.78, 5) is 29.1. The Hall–Kier alpha value is -0.580. The standard InChI is InChI=1S/C20H31BrN2O2/c1-14(2)18(25)23-5-3-22(4-6-23)17(24)12-19-8-15-7-16(9-19)11-20(21,10-15)13-19/h14-16H,3-13H2,1-2H3. The summed E-state index contributed by atoms with van der Waals surface area (Å²) in [6.45, 7) is 6.71. The third-order valence-electron chi connectivity index (χ3n) is 7.08. The molecule has 2 atom stereocenters. The second-order valence-corrected chi connectivity index (χ2v) is 11.3. The van der Waals surface area contributed by atoms with Crippen molar-refractivity contribution in [1.82, 2.24) is 9.80 Å². The molecule has 0 aromatic rings. The molecule has 0 N–H and O–H groups in total. The Bertz CT molecular complexity index is 554. The second-order valence-electron chi connectivity index (χ2n) is 9.65. The van der Waals surface area contributed by atoms with Crippen molar-refractivity contribution in [3.8, 4) is 0 Å². The maximum Gasteiger partial charge on any atom is 0.225 e. The average Bonchev–Trinajstić information content (AvgIpc) is 2.51. The lowest BCUT2D eigenvalue weighted by Crippen LogP contribution is -2.56. The summed E-state index contributed by atoms with van der Waals surface area (Å²) in [5.74, 6) is 2.25. The number of hydrogen-bond acceptors (Lipinski definition) is 2. The topological polar surface area (TPSA) is 40.6 Å².